The van der Waals surface area contributed by atoms with Crippen molar-refractivity contribution < 1.29 is 4.39 Å². The van der Waals surface area contributed by atoms with Crippen LogP contribution >= 0.6 is 0 Å². The fourth-order valence-corrected chi connectivity index (χ4v) is 1.80. The Labute approximate surface area is 95.4 Å². The highest BCUT2D eigenvalue weighted by Crippen LogP contribution is 2.31. The summed E-state index contributed by atoms with van der Waals surface area (Å²) in [6, 6.07) is 19.4. The zero-order chi connectivity index (χ0) is 11.4. The van der Waals surface area contributed by atoms with E-state index in [1.165, 1.54) is 0 Å². The van der Waals surface area contributed by atoms with E-state index in [2.05, 4.69) is 0 Å². The molecule has 0 radical (unpaired) electrons. The second-order valence-corrected chi connectivity index (χ2v) is 3.98. The number of hydrogen-bond acceptors (Lipinski definition) is 0. The van der Waals surface area contributed by atoms with Crippen molar-refractivity contribution in [2.24, 2.45) is 0 Å². The van der Waals surface area contributed by atoms with Crippen LogP contribution in [-0.4, -0.2) is 13.8 Å². The Morgan fingerprint density at radius 3 is 1.50 bits per heavy atom. The van der Waals surface area contributed by atoms with Gasteiger partial charge in [0.25, 0.3) is 0 Å². The first-order valence-electron chi connectivity index (χ1n) is 5.30. The summed E-state index contributed by atoms with van der Waals surface area (Å²) in [7, 11) is 1.88. The molecule has 0 atom stereocenters. The van der Waals surface area contributed by atoms with Gasteiger partial charge in [-0.2, -0.15) is 4.39 Å². The van der Waals surface area contributed by atoms with E-state index in [1.54, 1.807) is 0 Å². The van der Waals surface area contributed by atoms with Gasteiger partial charge in [0.15, 0.2) is 0 Å². The Morgan fingerprint density at radius 1 is 0.812 bits per heavy atom. The number of halogens is 1. The molecule has 0 amide bonds. The summed E-state index contributed by atoms with van der Waals surface area (Å²) in [6.07, 6.45) is 0. The van der Waals surface area contributed by atoms with Crippen LogP contribution in [0.15, 0.2) is 60.7 Å². The van der Waals surface area contributed by atoms with E-state index in [0.717, 1.165) is 11.4 Å². The molecule has 0 aromatic heterocycles. The minimum absolute atomic E-state index is 0.182. The lowest BCUT2D eigenvalue weighted by Gasteiger charge is -2.30. The molecule has 2 aromatic rings. The first kappa shape index (κ1) is 10.8. The van der Waals surface area contributed by atoms with Crippen LogP contribution in [0.1, 0.15) is 0 Å². The highest BCUT2D eigenvalue weighted by Gasteiger charge is 2.27. The number of rotatable bonds is 3. The third kappa shape index (κ3) is 1.84. The molecule has 0 N–H and O–H groups in total. The van der Waals surface area contributed by atoms with Crippen LogP contribution in [-0.2, 0) is 0 Å². The van der Waals surface area contributed by atoms with Crippen LogP contribution in [0.25, 0.3) is 0 Å². The maximum atomic E-state index is 13.4. The maximum absolute atomic E-state index is 13.4. The number of alkyl halides is 1. The molecule has 2 aromatic carbocycles. The van der Waals surface area contributed by atoms with Gasteiger partial charge < -0.3 is 0 Å². The van der Waals surface area contributed by atoms with Crippen LogP contribution in [0.4, 0.5) is 15.8 Å². The standard InChI is InChI=1S/C14H15FN/c1-16(12-15,13-8-4-2-5-9-13)14-10-6-3-7-11-14/h2-11H,12H2,1H3/q+1. The minimum atomic E-state index is -0.450. The normalized spacial score (nSPS) is 11.4. The Hall–Kier alpha value is -1.67. The third-order valence-electron chi connectivity index (χ3n) is 2.89. The van der Waals surface area contributed by atoms with Gasteiger partial charge in [-0.05, 0) is 24.3 Å². The molecule has 16 heavy (non-hydrogen) atoms. The van der Waals surface area contributed by atoms with Gasteiger partial charge in [0.05, 0.1) is 7.05 Å². The summed E-state index contributed by atoms with van der Waals surface area (Å²) >= 11 is 0. The van der Waals surface area contributed by atoms with Crippen LogP contribution in [0.2, 0.25) is 0 Å². The van der Waals surface area contributed by atoms with Gasteiger partial charge in [0.2, 0.25) is 6.80 Å². The van der Waals surface area contributed by atoms with Crippen molar-refractivity contribution >= 4 is 11.4 Å². The van der Waals surface area contributed by atoms with Gasteiger partial charge in [0, 0.05) is 0 Å². The van der Waals surface area contributed by atoms with Crippen LogP contribution in [0, 0.1) is 0 Å². The Balaban J connectivity index is 2.49. The molecule has 82 valence electrons. The number of hydrogen-bond donors (Lipinski definition) is 0. The lowest BCUT2D eigenvalue weighted by atomic mass is 10.2. The molecule has 0 spiro atoms. The van der Waals surface area contributed by atoms with Gasteiger partial charge >= 0.3 is 0 Å². The van der Waals surface area contributed by atoms with E-state index < -0.39 is 6.80 Å². The quantitative estimate of drug-likeness (QED) is 0.539. The Kier molecular flexibility index (Phi) is 3.02. The van der Waals surface area contributed by atoms with E-state index in [-0.39, 0.29) is 4.48 Å². The first-order chi connectivity index (χ1) is 7.77. The summed E-state index contributed by atoms with van der Waals surface area (Å²) in [6.45, 7) is -0.450. The van der Waals surface area contributed by atoms with E-state index in [1.807, 2.05) is 67.7 Å². The summed E-state index contributed by atoms with van der Waals surface area (Å²) in [4.78, 5) is 0. The highest BCUT2D eigenvalue weighted by molar-refractivity contribution is 5.57. The van der Waals surface area contributed by atoms with E-state index in [0.29, 0.717) is 0 Å². The number of nitrogens with zero attached hydrogens (tertiary/aromatic N) is 1. The van der Waals surface area contributed by atoms with Crippen LogP contribution < -0.4 is 4.48 Å². The fraction of sp³-hybridized carbons (Fsp3) is 0.143. The van der Waals surface area contributed by atoms with Crippen LogP contribution in [0.5, 0.6) is 0 Å². The van der Waals surface area contributed by atoms with Crippen LogP contribution in [0.3, 0.4) is 0 Å². The molecule has 0 fully saturated rings. The van der Waals surface area contributed by atoms with Gasteiger partial charge in [-0.25, -0.2) is 4.48 Å². The SMILES string of the molecule is C[N+](CF)(c1ccccc1)c1ccccc1. The average Bonchev–Trinajstić information content (AvgIpc) is 2.40. The minimum Gasteiger partial charge on any atom is -0.235 e. The molecule has 0 saturated carbocycles. The van der Waals surface area contributed by atoms with Gasteiger partial charge in [-0.3, -0.25) is 0 Å². The second-order valence-electron chi connectivity index (χ2n) is 3.98. The molecule has 0 unspecified atom stereocenters. The number of para-hydroxylation sites is 2. The number of quaternary nitrogens is 1. The topological polar surface area (TPSA) is 0 Å². The third-order valence-corrected chi connectivity index (χ3v) is 2.89. The molecule has 0 aliphatic carbocycles. The first-order valence-corrected chi connectivity index (χ1v) is 5.30. The molecule has 0 aliphatic rings. The average molecular weight is 216 g/mol. The second kappa shape index (κ2) is 4.45. The smallest absolute Gasteiger partial charge is 0.231 e. The highest BCUT2D eigenvalue weighted by atomic mass is 19.1. The zero-order valence-corrected chi connectivity index (χ0v) is 9.31. The lowest BCUT2D eigenvalue weighted by Crippen LogP contribution is -2.38. The Morgan fingerprint density at radius 2 is 1.19 bits per heavy atom. The summed E-state index contributed by atoms with van der Waals surface area (Å²) in [5.74, 6) is 0. The van der Waals surface area contributed by atoms with Gasteiger partial charge in [-0.1, -0.05) is 36.4 Å². The fourth-order valence-electron chi connectivity index (χ4n) is 1.80. The molecular formula is C14H15FN+. The molecule has 0 aliphatic heterocycles. The molecule has 0 bridgehead atoms. The monoisotopic (exact) mass is 216 g/mol. The van der Waals surface area contributed by atoms with E-state index >= 15 is 0 Å². The summed E-state index contributed by atoms with van der Waals surface area (Å²) < 4.78 is 13.6. The summed E-state index contributed by atoms with van der Waals surface area (Å²) in [5.41, 5.74) is 1.91. The van der Waals surface area contributed by atoms with Crippen molar-refractivity contribution in [1.82, 2.24) is 4.48 Å². The van der Waals surface area contributed by atoms with E-state index in [9.17, 15) is 4.39 Å². The summed E-state index contributed by atoms with van der Waals surface area (Å²) in [5, 5.41) is 0. The lowest BCUT2D eigenvalue weighted by molar-refractivity contribution is 0.299. The molecule has 2 rings (SSSR count). The maximum Gasteiger partial charge on any atom is 0.231 e. The van der Waals surface area contributed by atoms with Crippen molar-refractivity contribution in [3.8, 4) is 0 Å². The molecule has 0 saturated heterocycles. The van der Waals surface area contributed by atoms with E-state index in [4.69, 9.17) is 0 Å². The van der Waals surface area contributed by atoms with Crippen molar-refractivity contribution in [3.63, 3.8) is 0 Å². The van der Waals surface area contributed by atoms with Crippen molar-refractivity contribution in [2.75, 3.05) is 13.8 Å². The number of benzene rings is 2. The Bertz CT molecular complexity index is 399. The van der Waals surface area contributed by atoms with Gasteiger partial charge in [0.1, 0.15) is 11.4 Å². The predicted octanol–water partition coefficient (Wildman–Crippen LogP) is 3.88. The van der Waals surface area contributed by atoms with Gasteiger partial charge in [-0.15, -0.1) is 0 Å². The van der Waals surface area contributed by atoms with Crippen molar-refractivity contribution in [3.05, 3.63) is 60.7 Å². The predicted molar refractivity (Wildman–Crippen MR) is 66.2 cm³/mol. The zero-order valence-electron chi connectivity index (χ0n) is 9.31. The molecule has 0 heterocycles. The largest absolute Gasteiger partial charge is 0.235 e. The molecule has 2 heteroatoms. The molecular weight excluding hydrogens is 201 g/mol. The van der Waals surface area contributed by atoms with Crippen molar-refractivity contribution in [1.29, 1.82) is 0 Å². The molecule has 1 nitrogen and oxygen atoms in total. The van der Waals surface area contributed by atoms with Crippen molar-refractivity contribution in [2.45, 2.75) is 0 Å².